The van der Waals surface area contributed by atoms with Crippen LogP contribution in [0.1, 0.15) is 70.3 Å². The fourth-order valence-corrected chi connectivity index (χ4v) is 6.33. The van der Waals surface area contributed by atoms with Gasteiger partial charge in [-0.25, -0.2) is 4.98 Å². The quantitative estimate of drug-likeness (QED) is 0.665. The van der Waals surface area contributed by atoms with Crippen LogP contribution in [0.4, 0.5) is 5.82 Å². The lowest BCUT2D eigenvalue weighted by atomic mass is 9.79. The molecule has 1 aromatic rings. The Labute approximate surface area is 204 Å². The smallest absolute Gasteiger partial charge is 0.223 e. The molecule has 1 saturated heterocycles. The average Bonchev–Trinajstić information content (AvgIpc) is 3.33. The van der Waals surface area contributed by atoms with Crippen molar-refractivity contribution in [1.82, 2.24) is 15.2 Å². The average molecular weight is 471 g/mol. The summed E-state index contributed by atoms with van der Waals surface area (Å²) in [7, 11) is 0. The third-order valence-electron chi connectivity index (χ3n) is 8.75. The van der Waals surface area contributed by atoms with Crippen LogP contribution in [0.2, 0.25) is 0 Å². The van der Waals surface area contributed by atoms with E-state index in [0.717, 1.165) is 95.2 Å². The predicted molar refractivity (Wildman–Crippen MR) is 133 cm³/mol. The number of pyridine rings is 1. The van der Waals surface area contributed by atoms with Crippen LogP contribution in [-0.4, -0.2) is 71.9 Å². The number of aliphatic hydroxyl groups is 1. The van der Waals surface area contributed by atoms with E-state index < -0.39 is 5.60 Å². The van der Waals surface area contributed by atoms with Gasteiger partial charge in [-0.05, 0) is 83.2 Å². The zero-order valence-electron chi connectivity index (χ0n) is 20.8. The molecule has 2 aliphatic carbocycles. The lowest BCUT2D eigenvalue weighted by Gasteiger charge is -2.37. The fraction of sp³-hybridized carbons (Fsp3) is 0.778. The van der Waals surface area contributed by atoms with Crippen LogP contribution < -0.4 is 15.0 Å². The maximum atomic E-state index is 12.7. The zero-order chi connectivity index (χ0) is 23.5. The molecule has 0 spiro atoms. The number of carbonyl (C=O) groups excluding carboxylic acids is 1. The molecule has 4 aliphatic rings. The third kappa shape index (κ3) is 5.68. The SMILES string of the molecule is C[C@]1(O)CC[C@H](C(=O)N[C@H]2CC[C@H](CCN3CCN(c4nccc5c4CCO5)CC3)CC2)CC1. The van der Waals surface area contributed by atoms with Crippen molar-refractivity contribution >= 4 is 11.7 Å². The van der Waals surface area contributed by atoms with E-state index >= 15 is 0 Å². The van der Waals surface area contributed by atoms with Gasteiger partial charge in [-0.3, -0.25) is 9.69 Å². The number of carbonyl (C=O) groups is 1. The zero-order valence-corrected chi connectivity index (χ0v) is 20.8. The van der Waals surface area contributed by atoms with Gasteiger partial charge >= 0.3 is 0 Å². The first kappa shape index (κ1) is 23.9. The summed E-state index contributed by atoms with van der Waals surface area (Å²) in [5.74, 6) is 3.25. The van der Waals surface area contributed by atoms with E-state index in [9.17, 15) is 9.90 Å². The number of hydrogen-bond donors (Lipinski definition) is 2. The number of hydrogen-bond acceptors (Lipinski definition) is 6. The molecule has 5 rings (SSSR count). The van der Waals surface area contributed by atoms with Crippen molar-refractivity contribution < 1.29 is 14.6 Å². The van der Waals surface area contributed by atoms with Crippen LogP contribution >= 0.6 is 0 Å². The molecule has 7 nitrogen and oxygen atoms in total. The van der Waals surface area contributed by atoms with E-state index in [4.69, 9.17) is 4.74 Å². The number of nitrogens with zero attached hydrogens (tertiary/aromatic N) is 3. The van der Waals surface area contributed by atoms with Gasteiger partial charge < -0.3 is 20.1 Å². The van der Waals surface area contributed by atoms with Crippen molar-refractivity contribution in [2.75, 3.05) is 44.2 Å². The maximum Gasteiger partial charge on any atom is 0.223 e. The highest BCUT2D eigenvalue weighted by atomic mass is 16.5. The van der Waals surface area contributed by atoms with Gasteiger partial charge in [0.25, 0.3) is 0 Å². The molecule has 3 heterocycles. The molecule has 0 radical (unpaired) electrons. The van der Waals surface area contributed by atoms with Crippen molar-refractivity contribution in [3.8, 4) is 5.75 Å². The summed E-state index contributed by atoms with van der Waals surface area (Å²) in [6, 6.07) is 2.34. The predicted octanol–water partition coefficient (Wildman–Crippen LogP) is 3.14. The molecule has 0 bridgehead atoms. The second kappa shape index (κ2) is 10.4. The molecule has 0 aromatic carbocycles. The topological polar surface area (TPSA) is 77.9 Å². The van der Waals surface area contributed by atoms with Crippen LogP contribution in [0.5, 0.6) is 5.75 Å². The van der Waals surface area contributed by atoms with Gasteiger partial charge in [0.15, 0.2) is 0 Å². The summed E-state index contributed by atoms with van der Waals surface area (Å²) < 4.78 is 5.71. The van der Waals surface area contributed by atoms with Gasteiger partial charge in [0.1, 0.15) is 11.6 Å². The van der Waals surface area contributed by atoms with Crippen molar-refractivity contribution in [2.45, 2.75) is 82.8 Å². The van der Waals surface area contributed by atoms with Gasteiger partial charge in [-0.1, -0.05) is 0 Å². The lowest BCUT2D eigenvalue weighted by molar-refractivity contribution is -0.128. The molecule has 2 N–H and O–H groups in total. The molecule has 34 heavy (non-hydrogen) atoms. The monoisotopic (exact) mass is 470 g/mol. The largest absolute Gasteiger partial charge is 0.493 e. The molecule has 1 amide bonds. The Balaban J connectivity index is 0.990. The minimum atomic E-state index is -0.575. The third-order valence-corrected chi connectivity index (χ3v) is 8.75. The normalized spacial score (nSPS) is 32.2. The van der Waals surface area contributed by atoms with E-state index in [1.807, 2.05) is 19.2 Å². The highest BCUT2D eigenvalue weighted by Crippen LogP contribution is 2.34. The number of fused-ring (bicyclic) bond motifs is 1. The second-order valence-corrected chi connectivity index (χ2v) is 11.3. The summed E-state index contributed by atoms with van der Waals surface area (Å²) in [6.45, 7) is 8.14. The lowest BCUT2D eigenvalue weighted by Crippen LogP contribution is -2.47. The van der Waals surface area contributed by atoms with Gasteiger partial charge in [-0.2, -0.15) is 0 Å². The van der Waals surface area contributed by atoms with Crippen LogP contribution in [0.25, 0.3) is 0 Å². The van der Waals surface area contributed by atoms with E-state index in [0.29, 0.717) is 6.04 Å². The van der Waals surface area contributed by atoms with Gasteiger partial charge in [0.2, 0.25) is 5.91 Å². The summed E-state index contributed by atoms with van der Waals surface area (Å²) in [6.07, 6.45) is 11.9. The van der Waals surface area contributed by atoms with E-state index in [1.165, 1.54) is 31.4 Å². The molecular formula is C27H42N4O3. The Hall–Kier alpha value is -1.86. The van der Waals surface area contributed by atoms with Gasteiger partial charge in [-0.15, -0.1) is 0 Å². The number of aromatic nitrogens is 1. The highest BCUT2D eigenvalue weighted by molar-refractivity contribution is 5.79. The molecular weight excluding hydrogens is 428 g/mol. The van der Waals surface area contributed by atoms with Crippen LogP contribution in [0, 0.1) is 11.8 Å². The van der Waals surface area contributed by atoms with E-state index in [-0.39, 0.29) is 11.8 Å². The van der Waals surface area contributed by atoms with Crippen molar-refractivity contribution in [2.24, 2.45) is 11.8 Å². The minimum Gasteiger partial charge on any atom is -0.493 e. The Morgan fingerprint density at radius 3 is 2.62 bits per heavy atom. The van der Waals surface area contributed by atoms with Crippen molar-refractivity contribution in [3.63, 3.8) is 0 Å². The van der Waals surface area contributed by atoms with Crippen LogP contribution in [0.3, 0.4) is 0 Å². The van der Waals surface area contributed by atoms with Gasteiger partial charge in [0, 0.05) is 56.3 Å². The summed E-state index contributed by atoms with van der Waals surface area (Å²) in [5, 5.41) is 13.5. The molecule has 3 fully saturated rings. The number of anilines is 1. The first-order chi connectivity index (χ1) is 16.5. The standard InChI is InChI=1S/C27H42N4O3/c1-27(33)11-6-21(7-12-27)26(32)29-22-4-2-20(3-5-22)9-14-30-15-17-31(18-16-30)25-23-10-19-34-24(23)8-13-28-25/h8,13,20-22,33H,2-7,9-12,14-19H2,1H3,(H,29,32)/t20-,21-,22-,27-. The fourth-order valence-electron chi connectivity index (χ4n) is 6.33. The Bertz CT molecular complexity index is 834. The number of rotatable bonds is 6. The number of nitrogens with one attached hydrogen (secondary N) is 1. The molecule has 0 unspecified atom stereocenters. The first-order valence-electron chi connectivity index (χ1n) is 13.6. The molecule has 1 aromatic heterocycles. The molecule has 2 saturated carbocycles. The Morgan fingerprint density at radius 2 is 1.88 bits per heavy atom. The molecule has 188 valence electrons. The summed E-state index contributed by atoms with van der Waals surface area (Å²) >= 11 is 0. The Kier molecular flexibility index (Phi) is 7.30. The van der Waals surface area contributed by atoms with Crippen molar-refractivity contribution in [3.05, 3.63) is 17.8 Å². The number of piperazine rings is 1. The maximum absolute atomic E-state index is 12.7. The van der Waals surface area contributed by atoms with Gasteiger partial charge in [0.05, 0.1) is 12.2 Å². The minimum absolute atomic E-state index is 0.0938. The molecule has 2 aliphatic heterocycles. The van der Waals surface area contributed by atoms with Crippen molar-refractivity contribution in [1.29, 1.82) is 0 Å². The summed E-state index contributed by atoms with van der Waals surface area (Å²) in [5.41, 5.74) is 0.713. The molecule has 7 heteroatoms. The second-order valence-electron chi connectivity index (χ2n) is 11.3. The van der Waals surface area contributed by atoms with Crippen LogP contribution in [-0.2, 0) is 11.2 Å². The highest BCUT2D eigenvalue weighted by Gasteiger charge is 2.33. The van der Waals surface area contributed by atoms with Crippen LogP contribution in [0.15, 0.2) is 12.3 Å². The first-order valence-corrected chi connectivity index (χ1v) is 13.6. The summed E-state index contributed by atoms with van der Waals surface area (Å²) in [4.78, 5) is 22.4. The van der Waals surface area contributed by atoms with E-state index in [1.54, 1.807) is 0 Å². The number of ether oxygens (including phenoxy) is 1. The Morgan fingerprint density at radius 1 is 1.15 bits per heavy atom. The number of amides is 1. The molecule has 0 atom stereocenters. The van der Waals surface area contributed by atoms with E-state index in [2.05, 4.69) is 20.1 Å².